The van der Waals surface area contributed by atoms with Gasteiger partial charge in [-0.1, -0.05) is 17.8 Å². The normalized spacial score (nSPS) is 22.7. The summed E-state index contributed by atoms with van der Waals surface area (Å²) in [4.78, 5) is 38.6. The molecule has 0 bridgehead atoms. The molecule has 13 nitrogen and oxygen atoms in total. The topological polar surface area (TPSA) is 198 Å². The Bertz CT molecular complexity index is 1030. The second kappa shape index (κ2) is 14.8. The van der Waals surface area contributed by atoms with Crippen LogP contribution in [0.3, 0.4) is 0 Å². The fraction of sp³-hybridized carbons (Fsp3) is 0.476. The van der Waals surface area contributed by atoms with Crippen LogP contribution < -0.4 is 16.4 Å². The van der Waals surface area contributed by atoms with Gasteiger partial charge in [0.05, 0.1) is 18.3 Å². The van der Waals surface area contributed by atoms with Crippen LogP contribution in [-0.4, -0.2) is 71.9 Å². The van der Waals surface area contributed by atoms with Gasteiger partial charge in [-0.25, -0.2) is 18.4 Å². The Morgan fingerprint density at radius 2 is 2.11 bits per heavy atom. The SMILES string of the molecule is C=CCOC(=O)N[C@@H]1[C@@H](OC(=O)Nc2ccc(F)cc2F)[C@@H](O)[C@@H](CN=[N+]=[N-])O[C@@H]1SCCCC(N)=O. The number of nitrogens with zero attached hydrogens (tertiary/aromatic N) is 3. The number of hydrogen-bond acceptors (Lipinski definition) is 9. The molecule has 37 heavy (non-hydrogen) atoms. The smallest absolute Gasteiger partial charge is 0.412 e. The molecule has 0 radical (unpaired) electrons. The molecule has 0 spiro atoms. The first-order chi connectivity index (χ1) is 17.7. The Kier molecular flexibility index (Phi) is 11.9. The number of benzene rings is 1. The molecule has 1 aromatic carbocycles. The van der Waals surface area contributed by atoms with Crippen molar-refractivity contribution in [2.45, 2.75) is 42.6 Å². The van der Waals surface area contributed by atoms with Crippen molar-refractivity contribution in [2.75, 3.05) is 24.2 Å². The fourth-order valence-electron chi connectivity index (χ4n) is 3.23. The number of aliphatic hydroxyl groups excluding tert-OH is 1. The van der Waals surface area contributed by atoms with E-state index in [9.17, 15) is 28.3 Å². The Balaban J connectivity index is 2.29. The van der Waals surface area contributed by atoms with E-state index in [1.54, 1.807) is 0 Å². The molecule has 16 heteroatoms. The van der Waals surface area contributed by atoms with Crippen molar-refractivity contribution in [2.24, 2.45) is 10.8 Å². The minimum atomic E-state index is -1.61. The van der Waals surface area contributed by atoms with E-state index >= 15 is 0 Å². The van der Waals surface area contributed by atoms with Gasteiger partial charge in [-0.2, -0.15) is 0 Å². The van der Waals surface area contributed by atoms with Crippen molar-refractivity contribution >= 4 is 35.5 Å². The maximum atomic E-state index is 14.0. The van der Waals surface area contributed by atoms with E-state index in [1.807, 2.05) is 0 Å². The number of alkyl carbamates (subject to hydrolysis) is 1. The standard InChI is InChI=1S/C21H26F2N6O7S/c1-2-7-34-20(32)28-16-18(36-21(33)27-13-6-5-11(22)9-12(13)23)17(31)14(10-26-29-25)35-19(16)37-8-3-4-15(24)30/h2,5-6,9,14,16-19,31H,1,3-4,7-8,10H2,(H2,24,30)(H,27,33)(H,28,32)/t14-,16-,17+,18-,19-/m1/s1. The first-order valence-electron chi connectivity index (χ1n) is 10.9. The van der Waals surface area contributed by atoms with Gasteiger partial charge in [0.15, 0.2) is 6.10 Å². The zero-order valence-electron chi connectivity index (χ0n) is 19.4. The molecular formula is C21H26F2N6O7S. The summed E-state index contributed by atoms with van der Waals surface area (Å²) in [5, 5.41) is 18.8. The second-order valence-corrected chi connectivity index (χ2v) is 8.77. The maximum absolute atomic E-state index is 14.0. The highest BCUT2D eigenvalue weighted by Crippen LogP contribution is 2.31. The van der Waals surface area contributed by atoms with Crippen LogP contribution in [0.25, 0.3) is 10.4 Å². The van der Waals surface area contributed by atoms with Gasteiger partial charge in [-0.3, -0.25) is 10.1 Å². The zero-order chi connectivity index (χ0) is 27.4. The van der Waals surface area contributed by atoms with Crippen LogP contribution in [0.2, 0.25) is 0 Å². The molecule has 5 N–H and O–H groups in total. The number of nitrogens with one attached hydrogen (secondary N) is 2. The quantitative estimate of drug-likeness (QED) is 0.101. The summed E-state index contributed by atoms with van der Waals surface area (Å²) < 4.78 is 43.2. The van der Waals surface area contributed by atoms with Crippen LogP contribution in [0.15, 0.2) is 36.0 Å². The molecule has 1 saturated heterocycles. The Hall–Kier alpha value is -3.59. The Morgan fingerprint density at radius 3 is 2.76 bits per heavy atom. The van der Waals surface area contributed by atoms with Crippen LogP contribution in [0, 0.1) is 11.6 Å². The monoisotopic (exact) mass is 544 g/mol. The van der Waals surface area contributed by atoms with Gasteiger partial charge in [0.25, 0.3) is 0 Å². The van der Waals surface area contributed by atoms with Gasteiger partial charge in [0.2, 0.25) is 5.91 Å². The fourth-order valence-corrected chi connectivity index (χ4v) is 4.43. The zero-order valence-corrected chi connectivity index (χ0v) is 20.2. The first-order valence-corrected chi connectivity index (χ1v) is 11.9. The second-order valence-electron chi connectivity index (χ2n) is 7.56. The predicted octanol–water partition coefficient (Wildman–Crippen LogP) is 2.56. The molecule has 5 atom stereocenters. The highest BCUT2D eigenvalue weighted by molar-refractivity contribution is 7.99. The lowest BCUT2D eigenvalue weighted by atomic mass is 9.97. The predicted molar refractivity (Wildman–Crippen MR) is 128 cm³/mol. The molecule has 1 fully saturated rings. The minimum absolute atomic E-state index is 0.0789. The Morgan fingerprint density at radius 1 is 1.35 bits per heavy atom. The summed E-state index contributed by atoms with van der Waals surface area (Å²) in [5.41, 5.74) is 12.5. The van der Waals surface area contributed by atoms with Crippen molar-refractivity contribution in [3.05, 3.63) is 52.9 Å². The number of rotatable bonds is 12. The molecule has 0 saturated carbocycles. The summed E-state index contributed by atoms with van der Waals surface area (Å²) in [6.45, 7) is 2.94. The molecule has 1 aliphatic rings. The van der Waals surface area contributed by atoms with E-state index < -0.39 is 65.2 Å². The van der Waals surface area contributed by atoms with E-state index in [4.69, 9.17) is 25.5 Å². The molecule has 2 rings (SSSR count). The van der Waals surface area contributed by atoms with Crippen molar-refractivity contribution in [3.63, 3.8) is 0 Å². The molecule has 1 aliphatic heterocycles. The number of aliphatic hydroxyl groups is 1. The van der Waals surface area contributed by atoms with Crippen molar-refractivity contribution in [1.82, 2.24) is 5.32 Å². The van der Waals surface area contributed by atoms with Gasteiger partial charge < -0.3 is 30.4 Å². The van der Waals surface area contributed by atoms with Crippen LogP contribution in [0.5, 0.6) is 0 Å². The van der Waals surface area contributed by atoms with Gasteiger partial charge in [-0.15, -0.1) is 11.8 Å². The van der Waals surface area contributed by atoms with Crippen molar-refractivity contribution in [1.29, 1.82) is 0 Å². The Labute approximate surface area is 214 Å². The third-order valence-electron chi connectivity index (χ3n) is 4.88. The number of nitrogens with two attached hydrogens (primary N) is 1. The van der Waals surface area contributed by atoms with Crippen molar-refractivity contribution < 1.29 is 42.5 Å². The minimum Gasteiger partial charge on any atom is -0.445 e. The summed E-state index contributed by atoms with van der Waals surface area (Å²) >= 11 is 1.11. The van der Waals surface area contributed by atoms with Gasteiger partial charge >= 0.3 is 12.2 Å². The maximum Gasteiger partial charge on any atom is 0.412 e. The van der Waals surface area contributed by atoms with Gasteiger partial charge in [0, 0.05) is 17.4 Å². The van der Waals surface area contributed by atoms with E-state index in [2.05, 4.69) is 27.2 Å². The molecule has 202 valence electrons. The molecule has 3 amide bonds. The number of carbonyl (C=O) groups is 3. The summed E-state index contributed by atoms with van der Waals surface area (Å²) in [7, 11) is 0. The average molecular weight is 545 g/mol. The number of amides is 3. The van der Waals surface area contributed by atoms with Crippen LogP contribution in [-0.2, 0) is 19.0 Å². The third kappa shape index (κ3) is 9.42. The number of azide groups is 1. The summed E-state index contributed by atoms with van der Waals surface area (Å²) in [5.74, 6) is -2.14. The number of carbonyl (C=O) groups excluding carboxylic acids is 3. The summed E-state index contributed by atoms with van der Waals surface area (Å²) in [6, 6.07) is 1.22. The van der Waals surface area contributed by atoms with Crippen LogP contribution in [0.4, 0.5) is 24.1 Å². The number of primary amides is 1. The number of hydrogen-bond donors (Lipinski definition) is 4. The molecular weight excluding hydrogens is 518 g/mol. The molecule has 1 heterocycles. The number of anilines is 1. The third-order valence-corrected chi connectivity index (χ3v) is 6.13. The highest BCUT2D eigenvalue weighted by atomic mass is 32.2. The summed E-state index contributed by atoms with van der Waals surface area (Å²) in [6.07, 6.45) is -4.70. The van der Waals surface area contributed by atoms with Crippen LogP contribution >= 0.6 is 11.8 Å². The average Bonchev–Trinajstić information content (AvgIpc) is 2.84. The van der Waals surface area contributed by atoms with Gasteiger partial charge in [0.1, 0.15) is 35.8 Å². The number of halogens is 2. The molecule has 0 aromatic heterocycles. The lowest BCUT2D eigenvalue weighted by Gasteiger charge is -2.43. The van der Waals surface area contributed by atoms with E-state index in [0.717, 1.165) is 23.9 Å². The largest absolute Gasteiger partial charge is 0.445 e. The number of thioether (sulfide) groups is 1. The lowest BCUT2D eigenvalue weighted by molar-refractivity contribution is -0.154. The van der Waals surface area contributed by atoms with Crippen LogP contribution in [0.1, 0.15) is 12.8 Å². The van der Waals surface area contributed by atoms with Crippen molar-refractivity contribution in [3.8, 4) is 0 Å². The van der Waals surface area contributed by atoms with Gasteiger partial charge in [-0.05, 0) is 29.8 Å². The van der Waals surface area contributed by atoms with E-state index in [-0.39, 0.29) is 19.6 Å². The lowest BCUT2D eigenvalue weighted by Crippen LogP contribution is -2.64. The highest BCUT2D eigenvalue weighted by Gasteiger charge is 2.48. The van der Waals surface area contributed by atoms with E-state index in [1.165, 1.54) is 6.08 Å². The number of ether oxygens (including phenoxy) is 3. The van der Waals surface area contributed by atoms with E-state index in [0.29, 0.717) is 18.2 Å². The molecule has 0 aliphatic carbocycles. The molecule has 1 aromatic rings. The molecule has 0 unspecified atom stereocenters. The first kappa shape index (κ1) is 29.6.